The average Bonchev–Trinajstić information content (AvgIpc) is 2.42. The van der Waals surface area contributed by atoms with Crippen LogP contribution < -0.4 is 5.32 Å². The molecule has 0 atom stereocenters. The number of para-hydroxylation sites is 1. The highest BCUT2D eigenvalue weighted by Crippen LogP contribution is 2.22. The van der Waals surface area contributed by atoms with E-state index in [2.05, 4.69) is 42.8 Å². The summed E-state index contributed by atoms with van der Waals surface area (Å²) in [4.78, 5) is 0. The van der Waals surface area contributed by atoms with Crippen molar-refractivity contribution < 1.29 is 0 Å². The molecule has 1 aliphatic rings. The van der Waals surface area contributed by atoms with Crippen LogP contribution in [0.4, 0.5) is 5.69 Å². The standard InChI is InChI=1S/C15H15N.C2H6/c1-3-12-9-10-14-7-5-6-8-15(14)16-11-13(12)4-2;1-2/h3-10,16H,1-2,11H2;1-2H3/b10-9-,13-12-;. The summed E-state index contributed by atoms with van der Waals surface area (Å²) >= 11 is 0. The lowest BCUT2D eigenvalue weighted by atomic mass is 10.0. The molecule has 1 aliphatic heterocycles. The highest BCUT2D eigenvalue weighted by atomic mass is 14.9. The molecule has 0 saturated carbocycles. The van der Waals surface area contributed by atoms with E-state index in [1.807, 2.05) is 38.1 Å². The topological polar surface area (TPSA) is 12.0 Å². The first kappa shape index (κ1) is 14.0. The van der Waals surface area contributed by atoms with E-state index in [1.165, 1.54) is 11.1 Å². The maximum Gasteiger partial charge on any atom is 0.0416 e. The monoisotopic (exact) mass is 239 g/mol. The van der Waals surface area contributed by atoms with Gasteiger partial charge in [-0.25, -0.2) is 0 Å². The van der Waals surface area contributed by atoms with Crippen molar-refractivity contribution in [3.8, 4) is 0 Å². The Kier molecular flexibility index (Phi) is 5.72. The van der Waals surface area contributed by atoms with E-state index in [-0.39, 0.29) is 0 Å². The molecule has 0 amide bonds. The van der Waals surface area contributed by atoms with Gasteiger partial charge >= 0.3 is 0 Å². The van der Waals surface area contributed by atoms with Gasteiger partial charge in [-0.1, -0.05) is 69.5 Å². The SMILES string of the molecule is C=CC1=C(\C=C)CNc2ccccc2/C=C\1.CC. The van der Waals surface area contributed by atoms with Gasteiger partial charge in [0.05, 0.1) is 0 Å². The third-order valence-electron chi connectivity index (χ3n) is 2.71. The number of benzene rings is 1. The van der Waals surface area contributed by atoms with Gasteiger partial charge < -0.3 is 5.32 Å². The van der Waals surface area contributed by atoms with Gasteiger partial charge in [-0.3, -0.25) is 0 Å². The van der Waals surface area contributed by atoms with Gasteiger partial charge in [0.2, 0.25) is 0 Å². The Labute approximate surface area is 110 Å². The highest BCUT2D eigenvalue weighted by Gasteiger charge is 2.04. The van der Waals surface area contributed by atoms with Crippen molar-refractivity contribution in [3.05, 3.63) is 72.4 Å². The Hall–Kier alpha value is -2.02. The van der Waals surface area contributed by atoms with Crippen LogP contribution in [-0.4, -0.2) is 6.54 Å². The molecule has 0 unspecified atom stereocenters. The first-order chi connectivity index (χ1) is 8.85. The number of fused-ring (bicyclic) bond motifs is 1. The van der Waals surface area contributed by atoms with Crippen LogP contribution in [0.25, 0.3) is 6.08 Å². The molecule has 94 valence electrons. The van der Waals surface area contributed by atoms with Crippen LogP contribution in [0.1, 0.15) is 19.4 Å². The summed E-state index contributed by atoms with van der Waals surface area (Å²) in [6, 6.07) is 8.25. The normalized spacial score (nSPS) is 19.0. The molecule has 2 rings (SSSR count). The second kappa shape index (κ2) is 7.33. The van der Waals surface area contributed by atoms with Crippen molar-refractivity contribution in [1.82, 2.24) is 0 Å². The molecule has 0 aliphatic carbocycles. The number of hydrogen-bond donors (Lipinski definition) is 1. The molecule has 0 spiro atoms. The summed E-state index contributed by atoms with van der Waals surface area (Å²) in [5, 5.41) is 3.40. The molecule has 0 fully saturated rings. The quantitative estimate of drug-likeness (QED) is 0.780. The second-order valence-electron chi connectivity index (χ2n) is 3.66. The molecule has 1 N–H and O–H groups in total. The predicted molar refractivity (Wildman–Crippen MR) is 82.7 cm³/mol. The highest BCUT2D eigenvalue weighted by molar-refractivity contribution is 5.70. The van der Waals surface area contributed by atoms with Crippen molar-refractivity contribution >= 4 is 11.8 Å². The van der Waals surface area contributed by atoms with Crippen LogP contribution in [0.3, 0.4) is 0 Å². The van der Waals surface area contributed by atoms with Crippen LogP contribution >= 0.6 is 0 Å². The molecule has 0 radical (unpaired) electrons. The van der Waals surface area contributed by atoms with Crippen LogP contribution in [0.2, 0.25) is 0 Å². The minimum atomic E-state index is 0.784. The predicted octanol–water partition coefficient (Wildman–Crippen LogP) is 4.82. The van der Waals surface area contributed by atoms with Crippen molar-refractivity contribution in [3.63, 3.8) is 0 Å². The maximum absolute atomic E-state index is 3.83. The molecule has 1 heterocycles. The fraction of sp³-hybridized carbons (Fsp3) is 0.176. The third kappa shape index (κ3) is 3.24. The zero-order chi connectivity index (χ0) is 13.4. The first-order valence-corrected chi connectivity index (χ1v) is 6.34. The van der Waals surface area contributed by atoms with Crippen LogP contribution in [-0.2, 0) is 0 Å². The Morgan fingerprint density at radius 3 is 2.44 bits per heavy atom. The molecule has 18 heavy (non-hydrogen) atoms. The van der Waals surface area contributed by atoms with Crippen molar-refractivity contribution in [2.75, 3.05) is 11.9 Å². The van der Waals surface area contributed by atoms with Crippen LogP contribution in [0.15, 0.2) is 66.8 Å². The average molecular weight is 239 g/mol. The Morgan fingerprint density at radius 1 is 1.06 bits per heavy atom. The third-order valence-corrected chi connectivity index (χ3v) is 2.71. The van der Waals surface area contributed by atoms with Crippen molar-refractivity contribution in [2.24, 2.45) is 0 Å². The summed E-state index contributed by atoms with van der Waals surface area (Å²) < 4.78 is 0. The number of allylic oxidation sites excluding steroid dienone is 3. The van der Waals surface area contributed by atoms with Gasteiger partial charge in [0.15, 0.2) is 0 Å². The molecular formula is C17H21N. The van der Waals surface area contributed by atoms with Crippen molar-refractivity contribution in [1.29, 1.82) is 0 Å². The smallest absolute Gasteiger partial charge is 0.0416 e. The van der Waals surface area contributed by atoms with Crippen LogP contribution in [0, 0.1) is 0 Å². The zero-order valence-electron chi connectivity index (χ0n) is 11.2. The number of anilines is 1. The molecule has 1 aromatic rings. The number of hydrogen-bond acceptors (Lipinski definition) is 1. The Morgan fingerprint density at radius 2 is 1.78 bits per heavy atom. The summed E-state index contributed by atoms with van der Waals surface area (Å²) in [5.41, 5.74) is 4.64. The summed E-state index contributed by atoms with van der Waals surface area (Å²) in [7, 11) is 0. The van der Waals surface area contributed by atoms with E-state index in [0.29, 0.717) is 0 Å². The van der Waals surface area contributed by atoms with Crippen molar-refractivity contribution in [2.45, 2.75) is 13.8 Å². The van der Waals surface area contributed by atoms with Gasteiger partial charge in [0, 0.05) is 12.2 Å². The van der Waals surface area contributed by atoms with Gasteiger partial charge in [-0.05, 0) is 22.8 Å². The number of nitrogens with one attached hydrogen (secondary N) is 1. The second-order valence-corrected chi connectivity index (χ2v) is 3.66. The van der Waals surface area contributed by atoms with E-state index in [4.69, 9.17) is 0 Å². The largest absolute Gasteiger partial charge is 0.380 e. The fourth-order valence-electron chi connectivity index (χ4n) is 1.77. The molecule has 1 nitrogen and oxygen atoms in total. The van der Waals surface area contributed by atoms with Gasteiger partial charge in [-0.2, -0.15) is 0 Å². The van der Waals surface area contributed by atoms with E-state index >= 15 is 0 Å². The minimum Gasteiger partial charge on any atom is -0.380 e. The minimum absolute atomic E-state index is 0.784. The van der Waals surface area contributed by atoms with E-state index in [9.17, 15) is 0 Å². The lowest BCUT2D eigenvalue weighted by molar-refractivity contribution is 1.23. The Balaban J connectivity index is 0.000000771. The van der Waals surface area contributed by atoms with Gasteiger partial charge in [-0.15, -0.1) is 0 Å². The molecule has 0 saturated heterocycles. The van der Waals surface area contributed by atoms with Gasteiger partial charge in [0.25, 0.3) is 0 Å². The summed E-state index contributed by atoms with van der Waals surface area (Å²) in [6.07, 6.45) is 7.93. The van der Waals surface area contributed by atoms with E-state index in [1.54, 1.807) is 0 Å². The molecule has 0 bridgehead atoms. The Bertz CT molecular complexity index is 478. The zero-order valence-corrected chi connectivity index (χ0v) is 11.2. The maximum atomic E-state index is 3.83. The summed E-state index contributed by atoms with van der Waals surface area (Å²) in [6.45, 7) is 12.4. The lowest BCUT2D eigenvalue weighted by Gasteiger charge is -2.14. The van der Waals surface area contributed by atoms with E-state index < -0.39 is 0 Å². The van der Waals surface area contributed by atoms with E-state index in [0.717, 1.165) is 17.8 Å². The van der Waals surface area contributed by atoms with Gasteiger partial charge in [0.1, 0.15) is 0 Å². The fourth-order valence-corrected chi connectivity index (χ4v) is 1.77. The number of rotatable bonds is 2. The molecular weight excluding hydrogens is 218 g/mol. The lowest BCUT2D eigenvalue weighted by Crippen LogP contribution is -2.07. The summed E-state index contributed by atoms with van der Waals surface area (Å²) in [5.74, 6) is 0. The molecule has 0 aromatic heterocycles. The van der Waals surface area contributed by atoms with Crippen LogP contribution in [0.5, 0.6) is 0 Å². The molecule has 1 aromatic carbocycles. The molecule has 1 heteroatoms. The first-order valence-electron chi connectivity index (χ1n) is 6.34.